The van der Waals surface area contributed by atoms with Crippen molar-refractivity contribution in [3.8, 4) is 11.5 Å². The third-order valence-electron chi connectivity index (χ3n) is 4.41. The van der Waals surface area contributed by atoms with Crippen molar-refractivity contribution in [2.75, 3.05) is 12.4 Å². The maximum atomic E-state index is 12.5. The summed E-state index contributed by atoms with van der Waals surface area (Å²) in [6.07, 6.45) is 3.26. The monoisotopic (exact) mass is 385 g/mol. The van der Waals surface area contributed by atoms with Gasteiger partial charge >= 0.3 is 0 Å². The Morgan fingerprint density at radius 3 is 2.38 bits per heavy atom. The van der Waals surface area contributed by atoms with Crippen molar-refractivity contribution in [2.45, 2.75) is 6.61 Å². The Balaban J connectivity index is 1.40. The first-order chi connectivity index (χ1) is 14.2. The van der Waals surface area contributed by atoms with Crippen LogP contribution < -0.4 is 14.8 Å². The molecule has 1 N–H and O–H groups in total. The molecule has 0 saturated heterocycles. The zero-order valence-electron chi connectivity index (χ0n) is 15.8. The minimum absolute atomic E-state index is 0.189. The van der Waals surface area contributed by atoms with Gasteiger partial charge in [-0.25, -0.2) is 0 Å². The number of hydrogen-bond acceptors (Lipinski definition) is 5. The Bertz CT molecular complexity index is 1140. The molecule has 1 heterocycles. The molecule has 0 radical (unpaired) electrons. The maximum Gasteiger partial charge on any atom is 0.255 e. The molecule has 3 aromatic carbocycles. The van der Waals surface area contributed by atoms with Crippen molar-refractivity contribution in [3.05, 3.63) is 90.3 Å². The largest absolute Gasteiger partial charge is 0.493 e. The quantitative estimate of drug-likeness (QED) is 0.530. The molecule has 0 saturated carbocycles. The van der Waals surface area contributed by atoms with Crippen molar-refractivity contribution in [1.82, 2.24) is 9.97 Å². The number of carbonyl (C=O) groups excluding carboxylic acids is 1. The zero-order valence-corrected chi connectivity index (χ0v) is 15.8. The van der Waals surface area contributed by atoms with E-state index < -0.39 is 0 Å². The van der Waals surface area contributed by atoms with E-state index in [0.717, 1.165) is 16.6 Å². The number of anilines is 1. The summed E-state index contributed by atoms with van der Waals surface area (Å²) in [5, 5.41) is 2.89. The average molecular weight is 385 g/mol. The van der Waals surface area contributed by atoms with Crippen molar-refractivity contribution in [1.29, 1.82) is 0 Å². The third kappa shape index (κ3) is 4.32. The molecular weight excluding hydrogens is 366 g/mol. The van der Waals surface area contributed by atoms with Gasteiger partial charge in [-0.05, 0) is 48.0 Å². The number of hydrogen-bond donors (Lipinski definition) is 1. The smallest absolute Gasteiger partial charge is 0.255 e. The number of methoxy groups -OCH3 is 1. The highest BCUT2D eigenvalue weighted by atomic mass is 16.5. The van der Waals surface area contributed by atoms with E-state index in [9.17, 15) is 4.79 Å². The van der Waals surface area contributed by atoms with E-state index in [1.54, 1.807) is 37.7 Å². The Hall–Kier alpha value is -3.93. The number of benzene rings is 3. The number of amides is 1. The summed E-state index contributed by atoms with van der Waals surface area (Å²) in [6, 6.07) is 20.2. The Morgan fingerprint density at radius 1 is 0.897 bits per heavy atom. The molecule has 4 aromatic rings. The second-order valence-electron chi connectivity index (χ2n) is 6.35. The first kappa shape index (κ1) is 18.4. The predicted molar refractivity (Wildman–Crippen MR) is 111 cm³/mol. The SMILES string of the molecule is COc1ccccc1OCc1ccc(C(=O)Nc2ccc3nccnc3c2)cc1. The van der Waals surface area contributed by atoms with Gasteiger partial charge in [0.05, 0.1) is 18.1 Å². The summed E-state index contributed by atoms with van der Waals surface area (Å²) in [6.45, 7) is 0.381. The fourth-order valence-corrected chi connectivity index (χ4v) is 2.90. The number of nitrogens with zero attached hydrogens (tertiary/aromatic N) is 2. The van der Waals surface area contributed by atoms with Crippen molar-refractivity contribution in [2.24, 2.45) is 0 Å². The number of nitrogens with one attached hydrogen (secondary N) is 1. The predicted octanol–water partition coefficient (Wildman–Crippen LogP) is 4.47. The Morgan fingerprint density at radius 2 is 1.62 bits per heavy atom. The van der Waals surface area contributed by atoms with Gasteiger partial charge in [0.1, 0.15) is 6.61 Å². The lowest BCUT2D eigenvalue weighted by Crippen LogP contribution is -2.12. The molecule has 0 fully saturated rings. The lowest BCUT2D eigenvalue weighted by atomic mass is 10.1. The third-order valence-corrected chi connectivity index (χ3v) is 4.41. The van der Waals surface area contributed by atoms with Crippen molar-refractivity contribution < 1.29 is 14.3 Å². The van der Waals surface area contributed by atoms with Crippen LogP contribution in [0.2, 0.25) is 0 Å². The molecule has 29 heavy (non-hydrogen) atoms. The van der Waals surface area contributed by atoms with E-state index in [2.05, 4.69) is 15.3 Å². The molecule has 144 valence electrons. The molecule has 1 aromatic heterocycles. The van der Waals surface area contributed by atoms with Crippen LogP contribution in [0, 0.1) is 0 Å². The molecular formula is C23H19N3O3. The second kappa shape index (κ2) is 8.39. The summed E-state index contributed by atoms with van der Waals surface area (Å²) >= 11 is 0. The maximum absolute atomic E-state index is 12.5. The highest BCUT2D eigenvalue weighted by molar-refractivity contribution is 6.04. The van der Waals surface area contributed by atoms with Crippen LogP contribution in [0.4, 0.5) is 5.69 Å². The minimum atomic E-state index is -0.189. The van der Waals surface area contributed by atoms with Crippen LogP contribution >= 0.6 is 0 Å². The molecule has 0 spiro atoms. The normalized spacial score (nSPS) is 10.5. The summed E-state index contributed by atoms with van der Waals surface area (Å²) in [5.74, 6) is 1.17. The van der Waals surface area contributed by atoms with E-state index in [1.165, 1.54) is 0 Å². The molecule has 0 bridgehead atoms. The van der Waals surface area contributed by atoms with Crippen LogP contribution in [-0.2, 0) is 6.61 Å². The number of fused-ring (bicyclic) bond motifs is 1. The highest BCUT2D eigenvalue weighted by Gasteiger charge is 2.08. The lowest BCUT2D eigenvalue weighted by Gasteiger charge is -2.11. The molecule has 6 nitrogen and oxygen atoms in total. The van der Waals surface area contributed by atoms with Gasteiger partial charge in [0.25, 0.3) is 5.91 Å². The van der Waals surface area contributed by atoms with Crippen molar-refractivity contribution >= 4 is 22.6 Å². The van der Waals surface area contributed by atoms with Gasteiger partial charge in [0.15, 0.2) is 11.5 Å². The van der Waals surface area contributed by atoms with Gasteiger partial charge in [0.2, 0.25) is 0 Å². The zero-order chi connectivity index (χ0) is 20.1. The van der Waals surface area contributed by atoms with Crippen LogP contribution in [-0.4, -0.2) is 23.0 Å². The van der Waals surface area contributed by atoms with Gasteiger partial charge in [-0.2, -0.15) is 0 Å². The summed E-state index contributed by atoms with van der Waals surface area (Å²) < 4.78 is 11.1. The number of aromatic nitrogens is 2. The Labute approximate surface area is 168 Å². The van der Waals surface area contributed by atoms with Crippen LogP contribution in [0.25, 0.3) is 11.0 Å². The number of ether oxygens (including phenoxy) is 2. The summed E-state index contributed by atoms with van der Waals surface area (Å²) in [5.41, 5.74) is 3.70. The summed E-state index contributed by atoms with van der Waals surface area (Å²) in [4.78, 5) is 21.0. The second-order valence-corrected chi connectivity index (χ2v) is 6.35. The standard InChI is InChI=1S/C23H19N3O3/c1-28-21-4-2-3-5-22(21)29-15-16-6-8-17(9-7-16)23(27)26-18-10-11-19-20(14-18)25-13-12-24-19/h2-14H,15H2,1H3,(H,26,27). The summed E-state index contributed by atoms with van der Waals surface area (Å²) in [7, 11) is 1.61. The minimum Gasteiger partial charge on any atom is -0.493 e. The number of para-hydroxylation sites is 2. The molecule has 0 aliphatic heterocycles. The van der Waals surface area contributed by atoms with Crippen molar-refractivity contribution in [3.63, 3.8) is 0 Å². The first-order valence-electron chi connectivity index (χ1n) is 9.10. The van der Waals surface area contributed by atoms with Crippen LogP contribution in [0.1, 0.15) is 15.9 Å². The molecule has 0 atom stereocenters. The van der Waals surface area contributed by atoms with Crippen LogP contribution in [0.3, 0.4) is 0 Å². The van der Waals surface area contributed by atoms with Crippen LogP contribution in [0.5, 0.6) is 11.5 Å². The highest BCUT2D eigenvalue weighted by Crippen LogP contribution is 2.26. The molecule has 1 amide bonds. The Kier molecular flexibility index (Phi) is 5.33. The number of carbonyl (C=O) groups is 1. The van der Waals surface area contributed by atoms with E-state index in [0.29, 0.717) is 29.4 Å². The number of rotatable bonds is 6. The molecule has 0 aliphatic rings. The average Bonchev–Trinajstić information content (AvgIpc) is 2.78. The first-order valence-corrected chi connectivity index (χ1v) is 9.10. The fraction of sp³-hybridized carbons (Fsp3) is 0.0870. The van der Waals surface area contributed by atoms with Crippen LogP contribution in [0.15, 0.2) is 79.1 Å². The molecule has 0 aliphatic carbocycles. The molecule has 6 heteroatoms. The van der Waals surface area contributed by atoms with E-state index in [-0.39, 0.29) is 5.91 Å². The van der Waals surface area contributed by atoms with E-state index >= 15 is 0 Å². The van der Waals surface area contributed by atoms with E-state index in [1.807, 2.05) is 48.5 Å². The van der Waals surface area contributed by atoms with Gasteiger partial charge in [-0.3, -0.25) is 14.8 Å². The molecule has 0 unspecified atom stereocenters. The fourth-order valence-electron chi connectivity index (χ4n) is 2.90. The molecule has 4 rings (SSSR count). The lowest BCUT2D eigenvalue weighted by molar-refractivity contribution is 0.102. The van der Waals surface area contributed by atoms with E-state index in [4.69, 9.17) is 9.47 Å². The van der Waals surface area contributed by atoms with Gasteiger partial charge in [-0.1, -0.05) is 24.3 Å². The van der Waals surface area contributed by atoms with Gasteiger partial charge < -0.3 is 14.8 Å². The topological polar surface area (TPSA) is 73.3 Å². The van der Waals surface area contributed by atoms with Gasteiger partial charge in [0, 0.05) is 23.6 Å². The van der Waals surface area contributed by atoms with Gasteiger partial charge in [-0.15, -0.1) is 0 Å².